The minimum absolute atomic E-state index is 0.0178. The van der Waals surface area contributed by atoms with Crippen LogP contribution in [0.4, 0.5) is 5.69 Å². The Labute approximate surface area is 141 Å². The molecule has 1 aromatic carbocycles. The van der Waals surface area contributed by atoms with Gasteiger partial charge in [-0.1, -0.05) is 23.8 Å². The number of sulfone groups is 1. The molecule has 2 aliphatic rings. The Kier molecular flexibility index (Phi) is 4.45. The van der Waals surface area contributed by atoms with Gasteiger partial charge in [0.25, 0.3) is 0 Å². The molecule has 2 amide bonds. The van der Waals surface area contributed by atoms with Gasteiger partial charge in [0.1, 0.15) is 6.54 Å². The first-order valence-electron chi connectivity index (χ1n) is 7.90. The Bertz CT molecular complexity index is 783. The minimum atomic E-state index is -3.16. The van der Waals surface area contributed by atoms with Crippen LogP contribution in [-0.2, 0) is 19.4 Å². The number of aryl methyl sites for hydroxylation is 1. The number of allylic oxidation sites excluding steroid dienone is 1. The molecular formula is C17H20N2O4S. The van der Waals surface area contributed by atoms with E-state index < -0.39 is 9.84 Å². The van der Waals surface area contributed by atoms with Crippen molar-refractivity contribution >= 4 is 27.3 Å². The van der Waals surface area contributed by atoms with Crippen LogP contribution in [0, 0.1) is 12.8 Å². The number of hydrogen-bond acceptors (Lipinski definition) is 4. The summed E-state index contributed by atoms with van der Waals surface area (Å²) in [7, 11) is -3.16. The number of rotatable bonds is 3. The van der Waals surface area contributed by atoms with Crippen molar-refractivity contribution in [3.8, 4) is 0 Å². The fraction of sp³-hybridized carbons (Fsp3) is 0.412. The molecule has 0 aromatic heterocycles. The van der Waals surface area contributed by atoms with Crippen LogP contribution in [0.5, 0.6) is 0 Å². The quantitative estimate of drug-likeness (QED) is 0.820. The van der Waals surface area contributed by atoms with E-state index in [9.17, 15) is 18.0 Å². The molecule has 128 valence electrons. The molecule has 0 unspecified atom stereocenters. The third kappa shape index (κ3) is 3.67. The van der Waals surface area contributed by atoms with E-state index in [2.05, 4.69) is 0 Å². The molecule has 0 aliphatic carbocycles. The Morgan fingerprint density at radius 1 is 1.21 bits per heavy atom. The zero-order valence-electron chi connectivity index (χ0n) is 13.5. The van der Waals surface area contributed by atoms with Crippen LogP contribution in [0.15, 0.2) is 35.7 Å². The van der Waals surface area contributed by atoms with E-state index in [1.54, 1.807) is 11.0 Å². The number of hydrogen-bond donors (Lipinski definition) is 0. The highest BCUT2D eigenvalue weighted by Crippen LogP contribution is 2.21. The highest BCUT2D eigenvalue weighted by molar-refractivity contribution is 7.94. The van der Waals surface area contributed by atoms with Gasteiger partial charge in [-0.3, -0.25) is 9.59 Å². The average molecular weight is 348 g/mol. The van der Waals surface area contributed by atoms with E-state index in [-0.39, 0.29) is 36.5 Å². The molecule has 1 aromatic rings. The van der Waals surface area contributed by atoms with Gasteiger partial charge in [0.2, 0.25) is 11.8 Å². The summed E-state index contributed by atoms with van der Waals surface area (Å²) in [6, 6.07) is 7.71. The van der Waals surface area contributed by atoms with E-state index >= 15 is 0 Å². The van der Waals surface area contributed by atoms with Crippen LogP contribution in [0.2, 0.25) is 0 Å². The number of anilines is 1. The number of nitrogens with zero attached hydrogens (tertiary/aromatic N) is 2. The molecule has 1 saturated heterocycles. The second kappa shape index (κ2) is 6.39. The van der Waals surface area contributed by atoms with Crippen LogP contribution < -0.4 is 4.90 Å². The second-order valence-electron chi connectivity index (χ2n) is 6.32. The number of piperazine rings is 1. The van der Waals surface area contributed by atoms with Gasteiger partial charge in [0.15, 0.2) is 9.84 Å². The van der Waals surface area contributed by atoms with E-state index in [4.69, 9.17) is 0 Å². The molecule has 2 aliphatic heterocycles. The molecule has 6 nitrogen and oxygen atoms in total. The normalized spacial score (nSPS) is 22.9. The summed E-state index contributed by atoms with van der Waals surface area (Å²) in [6.45, 7) is 2.93. The van der Waals surface area contributed by atoms with E-state index in [0.29, 0.717) is 13.1 Å². The van der Waals surface area contributed by atoms with E-state index in [0.717, 1.165) is 11.3 Å². The summed E-state index contributed by atoms with van der Waals surface area (Å²) < 4.78 is 22.8. The van der Waals surface area contributed by atoms with Crippen LogP contribution in [-0.4, -0.2) is 50.5 Å². The van der Waals surface area contributed by atoms with Crippen molar-refractivity contribution in [2.75, 3.05) is 30.3 Å². The van der Waals surface area contributed by atoms with Gasteiger partial charge < -0.3 is 9.80 Å². The van der Waals surface area contributed by atoms with Gasteiger partial charge in [-0.15, -0.1) is 0 Å². The molecule has 0 bridgehead atoms. The molecule has 3 rings (SSSR count). The maximum atomic E-state index is 12.4. The molecule has 2 heterocycles. The maximum Gasteiger partial charge on any atom is 0.246 e. The van der Waals surface area contributed by atoms with Crippen molar-refractivity contribution in [3.63, 3.8) is 0 Å². The summed E-state index contributed by atoms with van der Waals surface area (Å²) >= 11 is 0. The Balaban J connectivity index is 1.59. The molecule has 0 N–H and O–H groups in total. The summed E-state index contributed by atoms with van der Waals surface area (Å²) in [4.78, 5) is 27.9. The minimum Gasteiger partial charge on any atom is -0.332 e. The average Bonchev–Trinajstić information content (AvgIpc) is 2.87. The summed E-state index contributed by atoms with van der Waals surface area (Å²) in [5.41, 5.74) is 1.96. The standard InChI is InChI=1S/C17H20N2O4S/c1-13-2-4-15(5-3-13)19-8-7-18(11-17(19)21)16(20)10-14-6-9-24(22,23)12-14/h2-6,9,14H,7-8,10-12H2,1H3/t14-/m1/s1. The highest BCUT2D eigenvalue weighted by Gasteiger charge is 2.30. The number of carbonyl (C=O) groups excluding carboxylic acids is 2. The molecule has 1 atom stereocenters. The molecular weight excluding hydrogens is 328 g/mol. The van der Waals surface area contributed by atoms with Gasteiger partial charge in [0.05, 0.1) is 5.75 Å². The lowest BCUT2D eigenvalue weighted by Gasteiger charge is -2.34. The smallest absolute Gasteiger partial charge is 0.246 e. The van der Waals surface area contributed by atoms with Gasteiger partial charge in [-0.2, -0.15) is 0 Å². The lowest BCUT2D eigenvalue weighted by molar-refractivity contribution is -0.137. The fourth-order valence-corrected chi connectivity index (χ4v) is 4.40. The van der Waals surface area contributed by atoms with Gasteiger partial charge >= 0.3 is 0 Å². The van der Waals surface area contributed by atoms with E-state index in [1.807, 2.05) is 31.2 Å². The molecule has 7 heteroatoms. The van der Waals surface area contributed by atoms with Crippen molar-refractivity contribution in [1.29, 1.82) is 0 Å². The predicted octanol–water partition coefficient (Wildman–Crippen LogP) is 1.12. The topological polar surface area (TPSA) is 74.8 Å². The molecule has 0 saturated carbocycles. The van der Waals surface area contributed by atoms with Crippen molar-refractivity contribution in [2.45, 2.75) is 13.3 Å². The molecule has 0 radical (unpaired) electrons. The lowest BCUT2D eigenvalue weighted by Crippen LogP contribution is -2.52. The molecule has 24 heavy (non-hydrogen) atoms. The monoisotopic (exact) mass is 348 g/mol. The molecule has 0 spiro atoms. The first kappa shape index (κ1) is 16.7. The number of benzene rings is 1. The van der Waals surface area contributed by atoms with Gasteiger partial charge in [0, 0.05) is 36.5 Å². The Morgan fingerprint density at radius 3 is 2.50 bits per heavy atom. The van der Waals surface area contributed by atoms with Crippen molar-refractivity contribution in [3.05, 3.63) is 41.3 Å². The van der Waals surface area contributed by atoms with E-state index in [1.165, 1.54) is 10.3 Å². The second-order valence-corrected chi connectivity index (χ2v) is 8.25. The Morgan fingerprint density at radius 2 is 1.92 bits per heavy atom. The predicted molar refractivity (Wildman–Crippen MR) is 91.1 cm³/mol. The van der Waals surface area contributed by atoms with Crippen LogP contribution in [0.3, 0.4) is 0 Å². The van der Waals surface area contributed by atoms with Crippen molar-refractivity contribution in [1.82, 2.24) is 4.90 Å². The zero-order chi connectivity index (χ0) is 17.3. The Hall–Kier alpha value is -2.15. The van der Waals surface area contributed by atoms with Crippen molar-refractivity contribution < 1.29 is 18.0 Å². The first-order chi connectivity index (χ1) is 11.3. The fourth-order valence-electron chi connectivity index (χ4n) is 3.00. The summed E-state index contributed by atoms with van der Waals surface area (Å²) in [5, 5.41) is 1.17. The number of amides is 2. The zero-order valence-corrected chi connectivity index (χ0v) is 14.3. The van der Waals surface area contributed by atoms with Gasteiger partial charge in [-0.25, -0.2) is 8.42 Å². The lowest BCUT2D eigenvalue weighted by atomic mass is 10.1. The van der Waals surface area contributed by atoms with Crippen molar-refractivity contribution in [2.24, 2.45) is 5.92 Å². The SMILES string of the molecule is Cc1ccc(N2CCN(C(=O)C[C@H]3C=CS(=O)(=O)C3)CC2=O)cc1. The third-order valence-corrected chi connectivity index (χ3v) is 5.82. The van der Waals surface area contributed by atoms with Crippen LogP contribution in [0.25, 0.3) is 0 Å². The number of carbonyl (C=O) groups is 2. The maximum absolute atomic E-state index is 12.4. The van der Waals surface area contributed by atoms with Gasteiger partial charge in [-0.05, 0) is 19.1 Å². The van der Waals surface area contributed by atoms with Crippen LogP contribution >= 0.6 is 0 Å². The molecule has 1 fully saturated rings. The largest absolute Gasteiger partial charge is 0.332 e. The summed E-state index contributed by atoms with van der Waals surface area (Å²) in [6.07, 6.45) is 1.70. The highest BCUT2D eigenvalue weighted by atomic mass is 32.2. The third-order valence-electron chi connectivity index (χ3n) is 4.36. The first-order valence-corrected chi connectivity index (χ1v) is 9.61. The van der Waals surface area contributed by atoms with Crippen LogP contribution in [0.1, 0.15) is 12.0 Å². The summed E-state index contributed by atoms with van der Waals surface area (Å²) in [5.74, 6) is -0.588.